The van der Waals surface area contributed by atoms with Crippen molar-refractivity contribution in [1.29, 1.82) is 0 Å². The number of urea groups is 1. The van der Waals surface area contributed by atoms with E-state index in [1.165, 1.54) is 0 Å². The number of aliphatic hydroxyl groups is 1. The largest absolute Gasteiger partial charge is 0.389 e. The van der Waals surface area contributed by atoms with Gasteiger partial charge in [-0.2, -0.15) is 0 Å². The van der Waals surface area contributed by atoms with Crippen molar-refractivity contribution in [2.24, 2.45) is 0 Å². The van der Waals surface area contributed by atoms with Gasteiger partial charge in [-0.05, 0) is 18.1 Å². The van der Waals surface area contributed by atoms with Crippen molar-refractivity contribution in [2.75, 3.05) is 6.54 Å². The van der Waals surface area contributed by atoms with Crippen LogP contribution >= 0.6 is 0 Å². The number of carbonyl (C=O) groups is 1. The Kier molecular flexibility index (Phi) is 4.63. The molecule has 1 heterocycles. The second-order valence-corrected chi connectivity index (χ2v) is 6.07. The van der Waals surface area contributed by atoms with Crippen molar-refractivity contribution in [2.45, 2.75) is 32.2 Å². The molecular weight excluding hydrogens is 288 g/mol. The molecule has 1 saturated heterocycles. The molecule has 0 aliphatic carbocycles. The van der Waals surface area contributed by atoms with Crippen molar-refractivity contribution >= 4 is 6.03 Å². The van der Waals surface area contributed by atoms with Crippen LogP contribution in [-0.2, 0) is 13.1 Å². The zero-order valence-electron chi connectivity index (χ0n) is 13.3. The Morgan fingerprint density at radius 2 is 1.48 bits per heavy atom. The summed E-state index contributed by atoms with van der Waals surface area (Å²) >= 11 is 0. The predicted octanol–water partition coefficient (Wildman–Crippen LogP) is 2.87. The van der Waals surface area contributed by atoms with Crippen molar-refractivity contribution < 1.29 is 9.90 Å². The summed E-state index contributed by atoms with van der Waals surface area (Å²) in [5.41, 5.74) is 2.14. The summed E-state index contributed by atoms with van der Waals surface area (Å²) in [6.07, 6.45) is -0.542. The zero-order valence-corrected chi connectivity index (χ0v) is 13.3. The molecule has 4 nitrogen and oxygen atoms in total. The number of β-amino-alcohol motifs (C(OH)–C–C–N with tert-alkyl or cyclic N) is 1. The van der Waals surface area contributed by atoms with Crippen LogP contribution in [0.15, 0.2) is 60.7 Å². The van der Waals surface area contributed by atoms with Gasteiger partial charge in [0.25, 0.3) is 0 Å². The van der Waals surface area contributed by atoms with Crippen molar-refractivity contribution in [3.8, 4) is 0 Å². The van der Waals surface area contributed by atoms with Gasteiger partial charge in [0.2, 0.25) is 0 Å². The minimum Gasteiger partial charge on any atom is -0.389 e. The highest BCUT2D eigenvalue weighted by atomic mass is 16.3. The van der Waals surface area contributed by atoms with Crippen LogP contribution in [0.5, 0.6) is 0 Å². The Bertz CT molecular complexity index is 645. The monoisotopic (exact) mass is 310 g/mol. The maximum Gasteiger partial charge on any atom is 0.321 e. The lowest BCUT2D eigenvalue weighted by molar-refractivity contribution is 0.00232. The first-order valence-corrected chi connectivity index (χ1v) is 7.96. The minimum atomic E-state index is -0.542. The second kappa shape index (κ2) is 6.84. The molecule has 0 spiro atoms. The molecule has 1 aliphatic heterocycles. The van der Waals surface area contributed by atoms with Crippen LogP contribution in [-0.4, -0.2) is 39.6 Å². The van der Waals surface area contributed by atoms with Gasteiger partial charge in [-0.25, -0.2) is 4.79 Å². The summed E-state index contributed by atoms with van der Waals surface area (Å²) in [6, 6.07) is 19.6. The van der Waals surface area contributed by atoms with Gasteiger partial charge in [-0.15, -0.1) is 0 Å². The van der Waals surface area contributed by atoms with E-state index in [2.05, 4.69) is 0 Å². The van der Waals surface area contributed by atoms with E-state index in [1.807, 2.05) is 67.6 Å². The van der Waals surface area contributed by atoms with Gasteiger partial charge in [0, 0.05) is 13.1 Å². The molecule has 1 aliphatic rings. The van der Waals surface area contributed by atoms with E-state index in [1.54, 1.807) is 9.80 Å². The van der Waals surface area contributed by atoms with E-state index in [4.69, 9.17) is 0 Å². The molecule has 1 N–H and O–H groups in total. The molecule has 4 heteroatoms. The lowest BCUT2D eigenvalue weighted by Crippen LogP contribution is -2.59. The third-order valence-corrected chi connectivity index (χ3v) is 4.38. The fraction of sp³-hybridized carbons (Fsp3) is 0.316. The number of aliphatic hydroxyl groups excluding tert-OH is 1. The number of hydrogen-bond donors (Lipinski definition) is 1. The topological polar surface area (TPSA) is 43.8 Å². The first-order valence-electron chi connectivity index (χ1n) is 7.96. The fourth-order valence-corrected chi connectivity index (χ4v) is 2.95. The highest BCUT2D eigenvalue weighted by Gasteiger charge is 2.36. The van der Waals surface area contributed by atoms with Crippen LogP contribution in [0.3, 0.4) is 0 Å². The summed E-state index contributed by atoms with van der Waals surface area (Å²) in [5, 5.41) is 10.4. The van der Waals surface area contributed by atoms with Crippen LogP contribution in [0.2, 0.25) is 0 Å². The third kappa shape index (κ3) is 3.54. The Labute approximate surface area is 137 Å². The smallest absolute Gasteiger partial charge is 0.321 e. The first-order chi connectivity index (χ1) is 11.1. The lowest BCUT2D eigenvalue weighted by Gasteiger charge is -2.43. The number of nitrogens with zero attached hydrogens (tertiary/aromatic N) is 2. The molecular formula is C19H22N2O2. The van der Waals surface area contributed by atoms with Crippen LogP contribution in [0, 0.1) is 0 Å². The van der Waals surface area contributed by atoms with Gasteiger partial charge in [0.05, 0.1) is 18.7 Å². The molecule has 1 fully saturated rings. The van der Waals surface area contributed by atoms with E-state index in [0.29, 0.717) is 19.6 Å². The van der Waals surface area contributed by atoms with Gasteiger partial charge in [-0.1, -0.05) is 60.7 Å². The molecule has 2 aromatic rings. The van der Waals surface area contributed by atoms with Gasteiger partial charge >= 0.3 is 6.03 Å². The molecule has 120 valence electrons. The minimum absolute atomic E-state index is 0.0180. The molecule has 3 rings (SSSR count). The number of rotatable bonds is 4. The Hall–Kier alpha value is -2.33. The van der Waals surface area contributed by atoms with Crippen molar-refractivity contribution in [3.63, 3.8) is 0 Å². The van der Waals surface area contributed by atoms with Gasteiger partial charge in [0.15, 0.2) is 0 Å². The summed E-state index contributed by atoms with van der Waals surface area (Å²) in [5.74, 6) is 0. The number of hydrogen-bond acceptors (Lipinski definition) is 2. The van der Waals surface area contributed by atoms with Crippen LogP contribution in [0.4, 0.5) is 4.79 Å². The zero-order chi connectivity index (χ0) is 16.2. The fourth-order valence-electron chi connectivity index (χ4n) is 2.95. The van der Waals surface area contributed by atoms with Gasteiger partial charge < -0.3 is 14.9 Å². The first kappa shape index (κ1) is 15.6. The van der Waals surface area contributed by atoms with Crippen LogP contribution in [0.1, 0.15) is 18.1 Å². The molecule has 0 saturated carbocycles. The average Bonchev–Trinajstić information content (AvgIpc) is 2.58. The Morgan fingerprint density at radius 1 is 0.957 bits per heavy atom. The van der Waals surface area contributed by atoms with Crippen molar-refractivity contribution in [3.05, 3.63) is 71.8 Å². The highest BCUT2D eigenvalue weighted by Crippen LogP contribution is 2.21. The number of amides is 2. The van der Waals surface area contributed by atoms with E-state index in [0.717, 1.165) is 11.1 Å². The summed E-state index contributed by atoms with van der Waals surface area (Å²) in [6.45, 7) is 3.32. The van der Waals surface area contributed by atoms with Gasteiger partial charge in [-0.3, -0.25) is 0 Å². The average molecular weight is 310 g/mol. The van der Waals surface area contributed by atoms with E-state index < -0.39 is 6.10 Å². The maximum atomic E-state index is 12.8. The third-order valence-electron chi connectivity index (χ3n) is 4.38. The maximum absolute atomic E-state index is 12.8. The molecule has 23 heavy (non-hydrogen) atoms. The standard InChI is InChI=1S/C19H22N2O2/c1-15-18(22)14-20(12-16-8-4-2-5-9-16)19(23)21(15)13-17-10-6-3-7-11-17/h2-11,15,18,22H,12-14H2,1H3/t15-,18-/m0/s1. The van der Waals surface area contributed by atoms with Crippen LogP contribution < -0.4 is 0 Å². The number of carbonyl (C=O) groups excluding carboxylic acids is 1. The Morgan fingerprint density at radius 3 is 2.04 bits per heavy atom. The summed E-state index contributed by atoms with van der Waals surface area (Å²) < 4.78 is 0. The lowest BCUT2D eigenvalue weighted by atomic mass is 10.1. The Balaban J connectivity index is 1.77. The quantitative estimate of drug-likeness (QED) is 0.943. The molecule has 0 radical (unpaired) electrons. The molecule has 2 aromatic carbocycles. The molecule has 2 atom stereocenters. The molecule has 0 unspecified atom stereocenters. The normalized spacial score (nSPS) is 21.6. The number of benzene rings is 2. The summed E-state index contributed by atoms with van der Waals surface area (Å²) in [4.78, 5) is 16.3. The van der Waals surface area contributed by atoms with E-state index in [9.17, 15) is 9.90 Å². The summed E-state index contributed by atoms with van der Waals surface area (Å²) in [7, 11) is 0. The highest BCUT2D eigenvalue weighted by molar-refractivity contribution is 5.76. The predicted molar refractivity (Wildman–Crippen MR) is 89.7 cm³/mol. The van der Waals surface area contributed by atoms with Crippen LogP contribution in [0.25, 0.3) is 0 Å². The van der Waals surface area contributed by atoms with E-state index in [-0.39, 0.29) is 12.1 Å². The van der Waals surface area contributed by atoms with E-state index >= 15 is 0 Å². The van der Waals surface area contributed by atoms with Gasteiger partial charge in [0.1, 0.15) is 0 Å². The SMILES string of the molecule is C[C@H]1[C@@H](O)CN(Cc2ccccc2)C(=O)N1Cc1ccccc1. The second-order valence-electron chi connectivity index (χ2n) is 6.07. The molecule has 2 amide bonds. The molecule has 0 aromatic heterocycles. The molecule has 0 bridgehead atoms. The van der Waals surface area contributed by atoms with Crippen molar-refractivity contribution in [1.82, 2.24) is 9.80 Å².